The summed E-state index contributed by atoms with van der Waals surface area (Å²) in [6.07, 6.45) is 2.75. The van der Waals surface area contributed by atoms with Crippen molar-refractivity contribution in [2.45, 2.75) is 0 Å². The summed E-state index contributed by atoms with van der Waals surface area (Å²) in [5, 5.41) is 11.8. The zero-order valence-corrected chi connectivity index (χ0v) is 10.9. The summed E-state index contributed by atoms with van der Waals surface area (Å²) in [5.74, 6) is -1.71. The molecule has 1 heterocycles. The van der Waals surface area contributed by atoms with Gasteiger partial charge >= 0.3 is 5.97 Å². The molecule has 0 unspecified atom stereocenters. The second-order valence-corrected chi connectivity index (χ2v) is 4.33. The summed E-state index contributed by atoms with van der Waals surface area (Å²) >= 11 is 5.85. The number of carboxylic acids is 1. The number of rotatable bonds is 3. The molecule has 20 heavy (non-hydrogen) atoms. The fourth-order valence-corrected chi connectivity index (χ4v) is 1.80. The molecule has 0 fully saturated rings. The molecule has 6 nitrogen and oxygen atoms in total. The van der Waals surface area contributed by atoms with Crippen LogP contribution in [0.3, 0.4) is 0 Å². The van der Waals surface area contributed by atoms with E-state index >= 15 is 0 Å². The van der Waals surface area contributed by atoms with E-state index in [1.807, 2.05) is 0 Å². The standard InChI is InChI=1S/C13H10ClN3O3/c14-10-6-16-4-3-8(10)12(18)17-11-2-1-7(15)5-9(11)13(19)20/h1-6H,15H2,(H,17,18)(H,19,20). The third-order valence-corrected chi connectivity index (χ3v) is 2.84. The third kappa shape index (κ3) is 2.86. The minimum absolute atomic E-state index is 0.0940. The van der Waals surface area contributed by atoms with Gasteiger partial charge in [0, 0.05) is 18.1 Å². The first kappa shape index (κ1) is 13.8. The quantitative estimate of drug-likeness (QED) is 0.752. The molecule has 0 aliphatic rings. The van der Waals surface area contributed by atoms with E-state index in [1.165, 1.54) is 36.7 Å². The summed E-state index contributed by atoms with van der Waals surface area (Å²) < 4.78 is 0. The van der Waals surface area contributed by atoms with Crippen LogP contribution in [0, 0.1) is 0 Å². The average molecular weight is 292 g/mol. The van der Waals surface area contributed by atoms with Crippen LogP contribution in [0.5, 0.6) is 0 Å². The highest BCUT2D eigenvalue weighted by Crippen LogP contribution is 2.21. The minimum Gasteiger partial charge on any atom is -0.478 e. The molecule has 7 heteroatoms. The molecule has 1 aromatic carbocycles. The normalized spacial score (nSPS) is 10.1. The van der Waals surface area contributed by atoms with Crippen LogP contribution in [0.1, 0.15) is 20.7 Å². The minimum atomic E-state index is -1.19. The number of anilines is 2. The van der Waals surface area contributed by atoms with Crippen LogP contribution in [0.15, 0.2) is 36.7 Å². The van der Waals surface area contributed by atoms with E-state index in [9.17, 15) is 9.59 Å². The van der Waals surface area contributed by atoms with Crippen molar-refractivity contribution < 1.29 is 14.7 Å². The van der Waals surface area contributed by atoms with Crippen molar-refractivity contribution in [3.8, 4) is 0 Å². The van der Waals surface area contributed by atoms with E-state index in [0.29, 0.717) is 5.69 Å². The first-order valence-corrected chi connectivity index (χ1v) is 5.90. The summed E-state index contributed by atoms with van der Waals surface area (Å²) in [7, 11) is 0. The molecule has 0 saturated carbocycles. The molecule has 1 aromatic heterocycles. The molecule has 0 bridgehead atoms. The van der Waals surface area contributed by atoms with Crippen LogP contribution >= 0.6 is 11.6 Å². The van der Waals surface area contributed by atoms with Crippen molar-refractivity contribution in [2.24, 2.45) is 0 Å². The lowest BCUT2D eigenvalue weighted by molar-refractivity contribution is 0.0698. The second kappa shape index (κ2) is 5.58. The molecule has 0 atom stereocenters. The van der Waals surface area contributed by atoms with Gasteiger partial charge < -0.3 is 16.2 Å². The van der Waals surface area contributed by atoms with Crippen molar-refractivity contribution >= 4 is 34.9 Å². The summed E-state index contributed by atoms with van der Waals surface area (Å²) in [5.41, 5.74) is 6.07. The van der Waals surface area contributed by atoms with Gasteiger partial charge in [-0.15, -0.1) is 0 Å². The number of carbonyl (C=O) groups is 2. The highest BCUT2D eigenvalue weighted by molar-refractivity contribution is 6.34. The number of aromatic nitrogens is 1. The Kier molecular flexibility index (Phi) is 3.86. The second-order valence-electron chi connectivity index (χ2n) is 3.92. The zero-order valence-electron chi connectivity index (χ0n) is 10.1. The number of nitrogens with one attached hydrogen (secondary N) is 1. The lowest BCUT2D eigenvalue weighted by atomic mass is 10.1. The Hall–Kier alpha value is -2.60. The topological polar surface area (TPSA) is 105 Å². The van der Waals surface area contributed by atoms with Crippen LogP contribution < -0.4 is 11.1 Å². The van der Waals surface area contributed by atoms with E-state index in [2.05, 4.69) is 10.3 Å². The van der Waals surface area contributed by atoms with E-state index in [4.69, 9.17) is 22.4 Å². The first-order valence-electron chi connectivity index (χ1n) is 5.52. The number of nitrogen functional groups attached to an aromatic ring is 1. The van der Waals surface area contributed by atoms with Gasteiger partial charge in [-0.1, -0.05) is 11.6 Å². The van der Waals surface area contributed by atoms with Gasteiger partial charge in [0.05, 0.1) is 21.8 Å². The van der Waals surface area contributed by atoms with E-state index < -0.39 is 11.9 Å². The Labute approximate surface area is 119 Å². The summed E-state index contributed by atoms with van der Waals surface area (Å²) in [6, 6.07) is 5.63. The number of amides is 1. The van der Waals surface area contributed by atoms with E-state index in [1.54, 1.807) is 0 Å². The molecule has 0 saturated heterocycles. The molecular formula is C13H10ClN3O3. The van der Waals surface area contributed by atoms with Gasteiger partial charge in [0.15, 0.2) is 0 Å². The third-order valence-electron chi connectivity index (χ3n) is 2.54. The number of hydrogen-bond acceptors (Lipinski definition) is 4. The molecular weight excluding hydrogens is 282 g/mol. The number of nitrogens with two attached hydrogens (primary N) is 1. The predicted octanol–water partition coefficient (Wildman–Crippen LogP) is 2.27. The van der Waals surface area contributed by atoms with Gasteiger partial charge in [0.25, 0.3) is 5.91 Å². The lowest BCUT2D eigenvalue weighted by Gasteiger charge is -2.09. The maximum atomic E-state index is 12.0. The van der Waals surface area contributed by atoms with E-state index in [-0.39, 0.29) is 21.8 Å². The highest BCUT2D eigenvalue weighted by atomic mass is 35.5. The number of halogens is 1. The Balaban J connectivity index is 2.33. The molecule has 0 aliphatic heterocycles. The number of hydrogen-bond donors (Lipinski definition) is 3. The number of nitrogens with zero attached hydrogens (tertiary/aromatic N) is 1. The smallest absolute Gasteiger partial charge is 0.337 e. The molecule has 1 amide bonds. The predicted molar refractivity (Wildman–Crippen MR) is 75.0 cm³/mol. The monoisotopic (exact) mass is 291 g/mol. The van der Waals surface area contributed by atoms with Crippen LogP contribution in [0.2, 0.25) is 5.02 Å². The number of carbonyl (C=O) groups excluding carboxylic acids is 1. The molecule has 4 N–H and O–H groups in total. The number of aromatic carboxylic acids is 1. The fourth-order valence-electron chi connectivity index (χ4n) is 1.60. The van der Waals surface area contributed by atoms with Crippen molar-refractivity contribution in [1.29, 1.82) is 0 Å². The van der Waals surface area contributed by atoms with Crippen molar-refractivity contribution in [3.63, 3.8) is 0 Å². The van der Waals surface area contributed by atoms with Crippen LogP contribution in [0.25, 0.3) is 0 Å². The van der Waals surface area contributed by atoms with Crippen molar-refractivity contribution in [3.05, 3.63) is 52.8 Å². The maximum absolute atomic E-state index is 12.0. The summed E-state index contributed by atoms with van der Waals surface area (Å²) in [6.45, 7) is 0. The highest BCUT2D eigenvalue weighted by Gasteiger charge is 2.15. The first-order chi connectivity index (χ1) is 9.49. The van der Waals surface area contributed by atoms with Gasteiger partial charge in [0.1, 0.15) is 0 Å². The van der Waals surface area contributed by atoms with Crippen molar-refractivity contribution in [2.75, 3.05) is 11.1 Å². The van der Waals surface area contributed by atoms with Crippen molar-refractivity contribution in [1.82, 2.24) is 4.98 Å². The SMILES string of the molecule is Nc1ccc(NC(=O)c2ccncc2Cl)c(C(=O)O)c1. The molecule has 2 rings (SSSR count). The number of benzene rings is 1. The van der Waals surface area contributed by atoms with E-state index in [0.717, 1.165) is 0 Å². The fraction of sp³-hybridized carbons (Fsp3) is 0. The van der Waals surface area contributed by atoms with Crippen LogP contribution in [0.4, 0.5) is 11.4 Å². The lowest BCUT2D eigenvalue weighted by Crippen LogP contribution is -2.15. The van der Waals surface area contributed by atoms with Gasteiger partial charge in [-0.3, -0.25) is 9.78 Å². The van der Waals surface area contributed by atoms with Gasteiger partial charge in [-0.2, -0.15) is 0 Å². The Morgan fingerprint density at radius 3 is 2.65 bits per heavy atom. The van der Waals surface area contributed by atoms with Gasteiger partial charge in [-0.25, -0.2) is 4.79 Å². The van der Waals surface area contributed by atoms with Crippen LogP contribution in [-0.4, -0.2) is 22.0 Å². The Bertz CT molecular complexity index is 688. The van der Waals surface area contributed by atoms with Gasteiger partial charge in [0.2, 0.25) is 0 Å². The molecule has 2 aromatic rings. The number of pyridine rings is 1. The average Bonchev–Trinajstić information content (AvgIpc) is 2.41. The molecule has 0 aliphatic carbocycles. The molecule has 0 spiro atoms. The Morgan fingerprint density at radius 2 is 2.00 bits per heavy atom. The molecule has 102 valence electrons. The largest absolute Gasteiger partial charge is 0.478 e. The Morgan fingerprint density at radius 1 is 1.25 bits per heavy atom. The molecule has 0 radical (unpaired) electrons. The number of carboxylic acid groups (broad SMARTS) is 1. The maximum Gasteiger partial charge on any atom is 0.337 e. The summed E-state index contributed by atoms with van der Waals surface area (Å²) in [4.78, 5) is 26.9. The van der Waals surface area contributed by atoms with Crippen LogP contribution in [-0.2, 0) is 0 Å². The zero-order chi connectivity index (χ0) is 14.7. The van der Waals surface area contributed by atoms with Gasteiger partial charge in [-0.05, 0) is 24.3 Å².